The van der Waals surface area contributed by atoms with Gasteiger partial charge in [0, 0.05) is 6.20 Å². The van der Waals surface area contributed by atoms with Gasteiger partial charge in [-0.3, -0.25) is 14.6 Å². The highest BCUT2D eigenvalue weighted by Crippen LogP contribution is 2.06. The average Bonchev–Trinajstić information content (AvgIpc) is 2.33. The zero-order valence-corrected chi connectivity index (χ0v) is 11.5. The number of carbonyl (C=O) groups is 1. The molecule has 10 heteroatoms. The Morgan fingerprint density at radius 3 is 2.60 bits per heavy atom. The maximum absolute atomic E-state index is 11.9. The molecule has 1 heterocycles. The normalized spacial score (nSPS) is 13.1. The summed E-state index contributed by atoms with van der Waals surface area (Å²) in [5, 5.41) is 8.95. The maximum Gasteiger partial charge on any atom is 0.325 e. The number of nitrogens with one attached hydrogen (secondary N) is 3. The summed E-state index contributed by atoms with van der Waals surface area (Å²) in [6.07, 6.45) is 2.04. The summed E-state index contributed by atoms with van der Waals surface area (Å²) >= 11 is 0. The molecule has 1 aromatic heterocycles. The minimum absolute atomic E-state index is 0.103. The van der Waals surface area contributed by atoms with Crippen molar-refractivity contribution in [2.75, 3.05) is 0 Å². The van der Waals surface area contributed by atoms with Crippen LogP contribution in [0.4, 0.5) is 0 Å². The van der Waals surface area contributed by atoms with Crippen molar-refractivity contribution < 1.29 is 18.3 Å². The molecule has 9 nitrogen and oxygen atoms in total. The summed E-state index contributed by atoms with van der Waals surface area (Å²) in [6.45, 7) is 1.83. The summed E-state index contributed by atoms with van der Waals surface area (Å²) in [5.41, 5.74) is -1.96. The Morgan fingerprint density at radius 1 is 1.45 bits per heavy atom. The van der Waals surface area contributed by atoms with Crippen LogP contribution in [0.25, 0.3) is 0 Å². The molecule has 0 spiro atoms. The lowest BCUT2D eigenvalue weighted by Crippen LogP contribution is -2.43. The molecule has 4 N–H and O–H groups in total. The molecule has 0 aromatic carbocycles. The minimum Gasteiger partial charge on any atom is -0.480 e. The first-order valence-electron chi connectivity index (χ1n) is 5.85. The molecule has 1 aromatic rings. The highest BCUT2D eigenvalue weighted by molar-refractivity contribution is 7.89. The van der Waals surface area contributed by atoms with Gasteiger partial charge in [-0.1, -0.05) is 19.8 Å². The Labute approximate surface area is 114 Å². The molecule has 20 heavy (non-hydrogen) atoms. The van der Waals surface area contributed by atoms with Crippen LogP contribution < -0.4 is 16.0 Å². The van der Waals surface area contributed by atoms with Crippen LogP contribution in [0.5, 0.6) is 0 Å². The molecule has 0 bridgehead atoms. The average molecular weight is 305 g/mol. The SMILES string of the molecule is CCCCC(NS(=O)(=O)c1c[nH]c(=O)[nH]c1=O)C(=O)O. The third-order valence-electron chi connectivity index (χ3n) is 2.52. The van der Waals surface area contributed by atoms with E-state index in [-0.39, 0.29) is 6.42 Å². The van der Waals surface area contributed by atoms with Gasteiger partial charge in [0.2, 0.25) is 10.0 Å². The van der Waals surface area contributed by atoms with Gasteiger partial charge in [-0.25, -0.2) is 13.2 Å². The Hall–Kier alpha value is -1.94. The summed E-state index contributed by atoms with van der Waals surface area (Å²) in [7, 11) is -4.33. The van der Waals surface area contributed by atoms with E-state index in [2.05, 4.69) is 0 Å². The van der Waals surface area contributed by atoms with Crippen LogP contribution in [0.1, 0.15) is 26.2 Å². The number of hydrogen-bond donors (Lipinski definition) is 4. The van der Waals surface area contributed by atoms with Gasteiger partial charge in [0.1, 0.15) is 6.04 Å². The highest BCUT2D eigenvalue weighted by Gasteiger charge is 2.27. The monoisotopic (exact) mass is 305 g/mol. The number of carboxylic acids is 1. The van der Waals surface area contributed by atoms with E-state index >= 15 is 0 Å². The van der Waals surface area contributed by atoms with Crippen molar-refractivity contribution in [1.82, 2.24) is 14.7 Å². The van der Waals surface area contributed by atoms with Gasteiger partial charge in [-0.2, -0.15) is 4.72 Å². The fourth-order valence-corrected chi connectivity index (χ4v) is 2.72. The molecular formula is C10H15N3O6S. The van der Waals surface area contributed by atoms with Crippen LogP contribution in [0, 0.1) is 0 Å². The second-order valence-corrected chi connectivity index (χ2v) is 5.77. The number of carboxylic acid groups (broad SMARTS) is 1. The van der Waals surface area contributed by atoms with E-state index in [1.807, 2.05) is 16.6 Å². The topological polar surface area (TPSA) is 149 Å². The molecule has 0 aliphatic heterocycles. The molecule has 112 valence electrons. The molecule has 1 rings (SSSR count). The first-order chi connectivity index (χ1) is 9.27. The molecule has 1 unspecified atom stereocenters. The molecule has 0 radical (unpaired) electrons. The number of sulfonamides is 1. The zero-order chi connectivity index (χ0) is 15.3. The van der Waals surface area contributed by atoms with Gasteiger partial charge in [0.15, 0.2) is 4.90 Å². The van der Waals surface area contributed by atoms with Crippen molar-refractivity contribution in [2.24, 2.45) is 0 Å². The second-order valence-electron chi connectivity index (χ2n) is 4.09. The van der Waals surface area contributed by atoms with Crippen molar-refractivity contribution >= 4 is 16.0 Å². The molecule has 0 saturated carbocycles. The number of H-pyrrole nitrogens is 2. The third kappa shape index (κ3) is 4.03. The lowest BCUT2D eigenvalue weighted by molar-refractivity contribution is -0.139. The Morgan fingerprint density at radius 2 is 2.10 bits per heavy atom. The van der Waals surface area contributed by atoms with E-state index in [4.69, 9.17) is 5.11 Å². The Bertz CT molecular complexity index is 689. The van der Waals surface area contributed by atoms with Crippen LogP contribution in [-0.2, 0) is 14.8 Å². The predicted octanol–water partition coefficient (Wildman–Crippen LogP) is -1.02. The first-order valence-corrected chi connectivity index (χ1v) is 7.33. The molecule has 0 saturated heterocycles. The van der Waals surface area contributed by atoms with Crippen molar-refractivity contribution in [3.63, 3.8) is 0 Å². The quantitative estimate of drug-likeness (QED) is 0.507. The van der Waals surface area contributed by atoms with Gasteiger partial charge in [0.25, 0.3) is 5.56 Å². The molecule has 0 aliphatic rings. The Balaban J connectivity index is 3.06. The fourth-order valence-electron chi connectivity index (χ4n) is 1.49. The van der Waals surface area contributed by atoms with E-state index in [9.17, 15) is 22.8 Å². The third-order valence-corrected chi connectivity index (χ3v) is 3.99. The van der Waals surface area contributed by atoms with Crippen LogP contribution in [-0.4, -0.2) is 35.5 Å². The number of aromatic nitrogens is 2. The molecular weight excluding hydrogens is 290 g/mol. The molecule has 1 atom stereocenters. The largest absolute Gasteiger partial charge is 0.480 e. The van der Waals surface area contributed by atoms with Gasteiger partial charge in [0.05, 0.1) is 0 Å². The van der Waals surface area contributed by atoms with E-state index in [1.165, 1.54) is 0 Å². The number of aromatic amines is 2. The molecule has 0 amide bonds. The van der Waals surface area contributed by atoms with Crippen LogP contribution in [0.2, 0.25) is 0 Å². The zero-order valence-electron chi connectivity index (χ0n) is 10.7. The van der Waals surface area contributed by atoms with E-state index < -0.39 is 38.2 Å². The van der Waals surface area contributed by atoms with Crippen LogP contribution in [0.3, 0.4) is 0 Å². The molecule has 0 aliphatic carbocycles. The van der Waals surface area contributed by atoms with Crippen molar-refractivity contribution in [2.45, 2.75) is 37.1 Å². The summed E-state index contributed by atoms with van der Waals surface area (Å²) in [6, 6.07) is -1.33. The summed E-state index contributed by atoms with van der Waals surface area (Å²) in [4.78, 5) is 36.2. The van der Waals surface area contributed by atoms with Crippen molar-refractivity contribution in [1.29, 1.82) is 0 Å². The van der Waals surface area contributed by atoms with E-state index in [0.29, 0.717) is 12.8 Å². The molecule has 0 fully saturated rings. The van der Waals surface area contributed by atoms with Crippen molar-refractivity contribution in [3.8, 4) is 0 Å². The van der Waals surface area contributed by atoms with Crippen LogP contribution in [0.15, 0.2) is 20.7 Å². The lowest BCUT2D eigenvalue weighted by atomic mass is 10.1. The second kappa shape index (κ2) is 6.48. The van der Waals surface area contributed by atoms with Gasteiger partial charge in [-0.15, -0.1) is 0 Å². The fraction of sp³-hybridized carbons (Fsp3) is 0.500. The predicted molar refractivity (Wildman–Crippen MR) is 69.0 cm³/mol. The number of unbranched alkanes of at least 4 members (excludes halogenated alkanes) is 1. The number of rotatable bonds is 7. The first kappa shape index (κ1) is 16.1. The summed E-state index contributed by atoms with van der Waals surface area (Å²) in [5.74, 6) is -1.33. The standard InChI is InChI=1S/C10H15N3O6S/c1-2-3-4-6(9(15)16)13-20(18,19)7-5-11-10(17)12-8(7)14/h5-6,13H,2-4H2,1H3,(H,15,16)(H2,11,12,14,17). The highest BCUT2D eigenvalue weighted by atomic mass is 32.2. The van der Waals surface area contributed by atoms with Crippen molar-refractivity contribution in [3.05, 3.63) is 27.0 Å². The summed E-state index contributed by atoms with van der Waals surface area (Å²) < 4.78 is 25.8. The van der Waals surface area contributed by atoms with Gasteiger partial charge >= 0.3 is 11.7 Å². The van der Waals surface area contributed by atoms with Crippen LogP contribution >= 0.6 is 0 Å². The number of hydrogen-bond acceptors (Lipinski definition) is 5. The Kier molecular flexibility index (Phi) is 5.22. The van der Waals surface area contributed by atoms with Gasteiger partial charge in [-0.05, 0) is 6.42 Å². The number of aliphatic carboxylic acids is 1. The van der Waals surface area contributed by atoms with E-state index in [0.717, 1.165) is 6.20 Å². The smallest absolute Gasteiger partial charge is 0.325 e. The lowest BCUT2D eigenvalue weighted by Gasteiger charge is -2.13. The minimum atomic E-state index is -4.33. The maximum atomic E-state index is 11.9. The van der Waals surface area contributed by atoms with E-state index in [1.54, 1.807) is 4.98 Å². The van der Waals surface area contributed by atoms with Gasteiger partial charge < -0.3 is 10.1 Å².